The van der Waals surface area contributed by atoms with Gasteiger partial charge in [-0.2, -0.15) is 10.4 Å². The second-order valence-electron chi connectivity index (χ2n) is 5.71. The van der Waals surface area contributed by atoms with Crippen LogP contribution in [0.25, 0.3) is 22.2 Å². The zero-order valence-electron chi connectivity index (χ0n) is 14.2. The third-order valence-corrected chi connectivity index (χ3v) is 5.25. The Labute approximate surface area is 171 Å². The van der Waals surface area contributed by atoms with Crippen molar-refractivity contribution in [1.29, 1.82) is 5.26 Å². The van der Waals surface area contributed by atoms with Gasteiger partial charge in [-0.1, -0.05) is 34.1 Å². The number of nitrogens with one attached hydrogen (secondary N) is 1. The van der Waals surface area contributed by atoms with Crippen molar-refractivity contribution in [3.8, 4) is 17.3 Å². The molecule has 4 aromatic rings. The van der Waals surface area contributed by atoms with Crippen molar-refractivity contribution in [3.05, 3.63) is 79.9 Å². The number of fused-ring (bicyclic) bond motifs is 1. The largest absolute Gasteiger partial charge is 0.422 e. The third kappa shape index (κ3) is 3.71. The molecule has 0 saturated heterocycles. The molecule has 4 rings (SSSR count). The average Bonchev–Trinajstić information content (AvgIpc) is 3.19. The molecule has 0 spiro atoms. The summed E-state index contributed by atoms with van der Waals surface area (Å²) in [6.07, 6.45) is 0. The van der Waals surface area contributed by atoms with Crippen LogP contribution in [0.3, 0.4) is 0 Å². The predicted molar refractivity (Wildman–Crippen MR) is 114 cm³/mol. The highest BCUT2D eigenvalue weighted by atomic mass is 79.9. The van der Waals surface area contributed by atoms with E-state index in [-0.39, 0.29) is 5.71 Å². The van der Waals surface area contributed by atoms with Crippen LogP contribution in [0.4, 0.5) is 5.69 Å². The molecule has 0 aliphatic rings. The first kappa shape index (κ1) is 18.1. The summed E-state index contributed by atoms with van der Waals surface area (Å²) in [6.45, 7) is 0. The second-order valence-corrected chi connectivity index (χ2v) is 7.49. The van der Waals surface area contributed by atoms with Crippen LogP contribution in [0.2, 0.25) is 0 Å². The number of hydrogen-bond acceptors (Lipinski definition) is 7. The molecule has 2 heterocycles. The summed E-state index contributed by atoms with van der Waals surface area (Å²) in [6, 6.07) is 18.4. The lowest BCUT2D eigenvalue weighted by Gasteiger charge is -2.00. The number of anilines is 1. The number of nitrogens with zero attached hydrogens (tertiary/aromatic N) is 3. The molecule has 8 heteroatoms. The van der Waals surface area contributed by atoms with Crippen molar-refractivity contribution in [2.75, 3.05) is 5.43 Å². The number of aromatic nitrogens is 1. The summed E-state index contributed by atoms with van der Waals surface area (Å²) in [5, 5.41) is 16.5. The van der Waals surface area contributed by atoms with Gasteiger partial charge in [-0.15, -0.1) is 11.3 Å². The van der Waals surface area contributed by atoms with E-state index in [2.05, 4.69) is 31.4 Å². The quantitative estimate of drug-likeness (QED) is 0.267. The molecule has 6 nitrogen and oxygen atoms in total. The highest BCUT2D eigenvalue weighted by Gasteiger charge is 2.14. The van der Waals surface area contributed by atoms with E-state index in [1.165, 1.54) is 11.3 Å². The molecule has 1 N–H and O–H groups in total. The van der Waals surface area contributed by atoms with Crippen molar-refractivity contribution in [3.63, 3.8) is 0 Å². The van der Waals surface area contributed by atoms with Crippen molar-refractivity contribution in [2.24, 2.45) is 5.10 Å². The van der Waals surface area contributed by atoms with Crippen LogP contribution >= 0.6 is 27.3 Å². The van der Waals surface area contributed by atoms with E-state index in [1.54, 1.807) is 23.6 Å². The molecule has 0 radical (unpaired) electrons. The van der Waals surface area contributed by atoms with Crippen molar-refractivity contribution in [2.45, 2.75) is 0 Å². The molecule has 0 aliphatic heterocycles. The van der Waals surface area contributed by atoms with Gasteiger partial charge in [-0.05, 0) is 36.4 Å². The number of benzene rings is 2. The number of para-hydroxylation sites is 1. The molecule has 0 fully saturated rings. The van der Waals surface area contributed by atoms with E-state index in [0.29, 0.717) is 21.8 Å². The highest BCUT2D eigenvalue weighted by Crippen LogP contribution is 2.23. The van der Waals surface area contributed by atoms with Gasteiger partial charge in [0.2, 0.25) is 0 Å². The van der Waals surface area contributed by atoms with E-state index in [0.717, 1.165) is 15.5 Å². The molecule has 0 aliphatic carbocycles. The monoisotopic (exact) mass is 450 g/mol. The summed E-state index contributed by atoms with van der Waals surface area (Å²) in [4.78, 5) is 16.7. The Morgan fingerprint density at radius 3 is 2.79 bits per heavy atom. The van der Waals surface area contributed by atoms with Crippen LogP contribution in [0.5, 0.6) is 0 Å². The number of halogens is 1. The summed E-state index contributed by atoms with van der Waals surface area (Å²) in [5.74, 6) is 0. The minimum Gasteiger partial charge on any atom is -0.422 e. The van der Waals surface area contributed by atoms with Gasteiger partial charge in [0, 0.05) is 15.2 Å². The molecule has 2 aromatic heterocycles. The molecule has 0 bridgehead atoms. The number of thiazole rings is 1. The first-order valence-electron chi connectivity index (χ1n) is 8.12. The smallest absolute Gasteiger partial charge is 0.345 e. The number of hydrazone groups is 1. The van der Waals surface area contributed by atoms with E-state index in [4.69, 9.17) is 4.42 Å². The van der Waals surface area contributed by atoms with Crippen LogP contribution < -0.4 is 11.1 Å². The Bertz CT molecular complexity index is 1290. The summed E-state index contributed by atoms with van der Waals surface area (Å²) < 4.78 is 6.30. The Morgan fingerprint density at radius 1 is 1.21 bits per heavy atom. The first-order chi connectivity index (χ1) is 13.6. The van der Waals surface area contributed by atoms with E-state index < -0.39 is 5.63 Å². The van der Waals surface area contributed by atoms with E-state index in [1.807, 2.05) is 42.5 Å². The van der Waals surface area contributed by atoms with Gasteiger partial charge in [0.1, 0.15) is 11.7 Å². The van der Waals surface area contributed by atoms with Crippen molar-refractivity contribution < 1.29 is 4.42 Å². The Kier molecular flexibility index (Phi) is 5.02. The molecule has 0 amide bonds. The van der Waals surface area contributed by atoms with Gasteiger partial charge in [-0.3, -0.25) is 5.43 Å². The van der Waals surface area contributed by atoms with E-state index in [9.17, 15) is 10.1 Å². The molecule has 28 heavy (non-hydrogen) atoms. The maximum atomic E-state index is 12.3. The fourth-order valence-electron chi connectivity index (χ4n) is 2.51. The Hall–Kier alpha value is -3.28. The first-order valence-corrected chi connectivity index (χ1v) is 9.80. The highest BCUT2D eigenvalue weighted by molar-refractivity contribution is 9.10. The van der Waals surface area contributed by atoms with Gasteiger partial charge in [0.05, 0.1) is 16.9 Å². The Morgan fingerprint density at radius 2 is 2.00 bits per heavy atom. The molecule has 0 saturated carbocycles. The molecule has 136 valence electrons. The fourth-order valence-corrected chi connectivity index (χ4v) is 3.53. The second kappa shape index (κ2) is 7.76. The van der Waals surface area contributed by atoms with Gasteiger partial charge in [0.15, 0.2) is 10.7 Å². The van der Waals surface area contributed by atoms with Crippen LogP contribution in [0.1, 0.15) is 5.01 Å². The van der Waals surface area contributed by atoms with Gasteiger partial charge < -0.3 is 4.42 Å². The topological polar surface area (TPSA) is 91.3 Å². The van der Waals surface area contributed by atoms with Gasteiger partial charge in [0.25, 0.3) is 0 Å². The molecular weight excluding hydrogens is 440 g/mol. The zero-order chi connectivity index (χ0) is 19.5. The summed E-state index contributed by atoms with van der Waals surface area (Å²) >= 11 is 4.60. The normalized spacial score (nSPS) is 11.4. The van der Waals surface area contributed by atoms with Gasteiger partial charge >= 0.3 is 5.63 Å². The lowest BCUT2D eigenvalue weighted by atomic mass is 10.1. The van der Waals surface area contributed by atoms with Crippen LogP contribution in [0, 0.1) is 11.3 Å². The Balaban J connectivity index is 1.65. The van der Waals surface area contributed by atoms with Crippen molar-refractivity contribution >= 4 is 49.6 Å². The lowest BCUT2D eigenvalue weighted by Crippen LogP contribution is -2.04. The SMILES string of the molecule is N#C/C(=N\Nc1ccc(Br)cc1)c1nc(-c2cc3ccccc3oc2=O)cs1. The minimum absolute atomic E-state index is 0.129. The molecular formula is C20H11BrN4O2S. The fraction of sp³-hybridized carbons (Fsp3) is 0. The standard InChI is InChI=1S/C20H11BrN4O2S/c21-13-5-7-14(8-6-13)24-25-16(10-22)19-23-17(11-28-19)15-9-12-3-1-2-4-18(12)27-20(15)26/h1-9,11,24H/b25-16+. The maximum absolute atomic E-state index is 12.3. The van der Waals surface area contributed by atoms with Crippen LogP contribution in [0.15, 0.2) is 78.8 Å². The average molecular weight is 451 g/mol. The van der Waals surface area contributed by atoms with Crippen LogP contribution in [-0.2, 0) is 0 Å². The number of hydrogen-bond donors (Lipinski definition) is 1. The summed E-state index contributed by atoms with van der Waals surface area (Å²) in [5.41, 5.74) is 4.55. The number of nitriles is 1. The molecule has 2 aromatic carbocycles. The summed E-state index contributed by atoms with van der Waals surface area (Å²) in [7, 11) is 0. The van der Waals surface area contributed by atoms with Crippen molar-refractivity contribution in [1.82, 2.24) is 4.98 Å². The minimum atomic E-state index is -0.473. The van der Waals surface area contributed by atoms with Gasteiger partial charge in [-0.25, -0.2) is 9.78 Å². The predicted octanol–water partition coefficient (Wildman–Crippen LogP) is 5.02. The third-order valence-electron chi connectivity index (χ3n) is 3.87. The van der Waals surface area contributed by atoms with E-state index >= 15 is 0 Å². The molecule has 0 unspecified atom stereocenters. The number of rotatable bonds is 4. The zero-order valence-corrected chi connectivity index (χ0v) is 16.6. The maximum Gasteiger partial charge on any atom is 0.345 e. The molecule has 0 atom stereocenters. The lowest BCUT2D eigenvalue weighted by molar-refractivity contribution is 0.563. The van der Waals surface area contributed by atoms with Crippen LogP contribution in [-0.4, -0.2) is 10.7 Å².